The minimum absolute atomic E-state index is 0.408. The van der Waals surface area contributed by atoms with Gasteiger partial charge in [0.25, 0.3) is 0 Å². The molecular formula is C23H27NP. The van der Waals surface area contributed by atoms with Gasteiger partial charge in [0, 0.05) is 17.6 Å². The van der Waals surface area contributed by atoms with Crippen molar-refractivity contribution in [1.82, 2.24) is 4.90 Å². The molecule has 25 heavy (non-hydrogen) atoms. The molecule has 1 nitrogen and oxygen atoms in total. The molecule has 0 heterocycles. The Balaban J connectivity index is 2.01. The first-order chi connectivity index (χ1) is 12.0. The number of benzene rings is 2. The van der Waals surface area contributed by atoms with E-state index in [-0.39, 0.29) is 0 Å². The summed E-state index contributed by atoms with van der Waals surface area (Å²) in [5, 5.41) is 2.84. The fourth-order valence-electron chi connectivity index (χ4n) is 3.07. The van der Waals surface area contributed by atoms with Crippen LogP contribution in [0.15, 0.2) is 48.5 Å². The van der Waals surface area contributed by atoms with Crippen molar-refractivity contribution in [1.29, 1.82) is 0 Å². The van der Waals surface area contributed by atoms with Gasteiger partial charge in [-0.15, -0.1) is 0 Å². The molecule has 0 bridgehead atoms. The van der Waals surface area contributed by atoms with Crippen LogP contribution in [-0.4, -0.2) is 25.0 Å². The van der Waals surface area contributed by atoms with Gasteiger partial charge in [0.05, 0.1) is 0 Å². The molecule has 1 aliphatic rings. The Hall–Kier alpha value is -1.17. The molecule has 0 unspecified atom stereocenters. The highest BCUT2D eigenvalue weighted by atomic mass is 31.1. The Morgan fingerprint density at radius 3 is 1.68 bits per heavy atom. The zero-order valence-corrected chi connectivity index (χ0v) is 16.7. The first kappa shape index (κ1) is 18.6. The number of hydrogen-bond acceptors (Lipinski definition) is 1. The quantitative estimate of drug-likeness (QED) is 0.723. The lowest BCUT2D eigenvalue weighted by Gasteiger charge is -2.34. The van der Waals surface area contributed by atoms with Gasteiger partial charge in [0.15, 0.2) is 0 Å². The average molecular weight is 348 g/mol. The summed E-state index contributed by atoms with van der Waals surface area (Å²) in [6, 6.07) is 18.6. The largest absolute Gasteiger partial charge is 0.306 e. The van der Waals surface area contributed by atoms with Crippen molar-refractivity contribution in [2.75, 3.05) is 14.1 Å². The van der Waals surface area contributed by atoms with Gasteiger partial charge in [-0.3, -0.25) is 0 Å². The predicted molar refractivity (Wildman–Crippen MR) is 111 cm³/mol. The molecule has 0 N–H and O–H groups in total. The molecule has 5 radical (unpaired) electrons. The first-order valence-corrected chi connectivity index (χ1v) is 10.2. The zero-order chi connectivity index (χ0) is 18.0. The second-order valence-electron chi connectivity index (χ2n) is 7.01. The van der Waals surface area contributed by atoms with Gasteiger partial charge in [0.1, 0.15) is 0 Å². The molecule has 1 aliphatic carbocycles. The van der Waals surface area contributed by atoms with E-state index in [1.165, 1.54) is 33.3 Å². The SMILES string of the molecule is Cc1ccc(P([C]2[CH][CH][CH][C]2[C@H](C)N(C)C)c2ccc(C)cc2)cc1. The second-order valence-corrected chi connectivity index (χ2v) is 9.20. The summed E-state index contributed by atoms with van der Waals surface area (Å²) in [6.07, 6.45) is 6.82. The summed E-state index contributed by atoms with van der Waals surface area (Å²) in [5.41, 5.74) is 4.10. The Kier molecular flexibility index (Phi) is 5.97. The lowest BCUT2D eigenvalue weighted by molar-refractivity contribution is 0.333. The van der Waals surface area contributed by atoms with Crippen LogP contribution in [0.2, 0.25) is 0 Å². The summed E-state index contributed by atoms with van der Waals surface area (Å²) in [4.78, 5) is 2.29. The highest BCUT2D eigenvalue weighted by Crippen LogP contribution is 2.57. The van der Waals surface area contributed by atoms with Gasteiger partial charge < -0.3 is 4.90 Å². The Morgan fingerprint density at radius 2 is 1.24 bits per heavy atom. The van der Waals surface area contributed by atoms with E-state index in [4.69, 9.17) is 0 Å². The van der Waals surface area contributed by atoms with Crippen LogP contribution in [0.3, 0.4) is 0 Å². The van der Waals surface area contributed by atoms with E-state index in [0.717, 1.165) is 0 Å². The standard InChI is InChI=1S/C23H27NP/c1-17-9-13-20(14-10-17)25(21-15-11-18(2)12-16-21)23-8-6-7-22(23)19(3)24(4)5/h6-16,19H,1-5H3/t19-/m0/s1. The van der Waals surface area contributed by atoms with E-state index in [1.807, 2.05) is 0 Å². The second kappa shape index (κ2) is 8.02. The molecule has 3 rings (SSSR count). The summed E-state index contributed by atoms with van der Waals surface area (Å²) >= 11 is 0. The fraction of sp³-hybridized carbons (Fsp3) is 0.261. The Bertz CT molecular complexity index is 629. The maximum absolute atomic E-state index is 2.32. The minimum Gasteiger partial charge on any atom is -0.306 e. The van der Waals surface area contributed by atoms with Gasteiger partial charge in [-0.1, -0.05) is 59.7 Å². The molecule has 1 fully saturated rings. The van der Waals surface area contributed by atoms with Gasteiger partial charge >= 0.3 is 0 Å². The molecule has 2 aromatic rings. The molecule has 2 heteroatoms. The van der Waals surface area contributed by atoms with E-state index in [9.17, 15) is 0 Å². The third-order valence-corrected chi connectivity index (χ3v) is 7.39. The van der Waals surface area contributed by atoms with Gasteiger partial charge in [-0.25, -0.2) is 0 Å². The summed E-state index contributed by atoms with van der Waals surface area (Å²) in [7, 11) is 3.77. The lowest BCUT2D eigenvalue weighted by atomic mass is 9.98. The van der Waals surface area contributed by atoms with Crippen molar-refractivity contribution in [3.8, 4) is 0 Å². The molecular weight excluding hydrogens is 321 g/mol. The maximum atomic E-state index is 2.32. The lowest BCUT2D eigenvalue weighted by Crippen LogP contribution is -2.34. The van der Waals surface area contributed by atoms with Gasteiger partial charge in [-0.05, 0) is 72.7 Å². The third-order valence-electron chi connectivity index (χ3n) is 4.88. The van der Waals surface area contributed by atoms with Crippen molar-refractivity contribution in [3.63, 3.8) is 0 Å². The third kappa shape index (κ3) is 4.15. The van der Waals surface area contributed by atoms with E-state index in [1.54, 1.807) is 0 Å². The predicted octanol–water partition coefficient (Wildman–Crippen LogP) is 4.42. The minimum atomic E-state index is -0.538. The molecule has 1 saturated carbocycles. The van der Waals surface area contributed by atoms with Gasteiger partial charge in [-0.2, -0.15) is 0 Å². The number of aryl methyl sites for hydroxylation is 2. The normalized spacial score (nSPS) is 17.6. The highest BCUT2D eigenvalue weighted by molar-refractivity contribution is 7.76. The molecule has 1 atom stereocenters. The monoisotopic (exact) mass is 348 g/mol. The summed E-state index contributed by atoms with van der Waals surface area (Å²) in [5.74, 6) is 1.44. The maximum Gasteiger partial charge on any atom is 0.0211 e. The summed E-state index contributed by atoms with van der Waals surface area (Å²) < 4.78 is 0. The van der Waals surface area contributed by atoms with Gasteiger partial charge in [0.2, 0.25) is 0 Å². The molecule has 0 amide bonds. The van der Waals surface area contributed by atoms with Crippen molar-refractivity contribution < 1.29 is 0 Å². The van der Waals surface area contributed by atoms with Crippen LogP contribution in [0, 0.1) is 44.7 Å². The van der Waals surface area contributed by atoms with Crippen molar-refractivity contribution in [2.24, 2.45) is 0 Å². The van der Waals surface area contributed by atoms with Crippen LogP contribution in [0.1, 0.15) is 18.1 Å². The molecule has 0 aromatic heterocycles. The molecule has 0 spiro atoms. The van der Waals surface area contributed by atoms with Crippen LogP contribution in [-0.2, 0) is 0 Å². The van der Waals surface area contributed by atoms with E-state index < -0.39 is 7.92 Å². The number of nitrogens with zero attached hydrogens (tertiary/aromatic N) is 1. The van der Waals surface area contributed by atoms with Crippen molar-refractivity contribution in [3.05, 3.63) is 90.5 Å². The Morgan fingerprint density at radius 1 is 0.760 bits per heavy atom. The van der Waals surface area contributed by atoms with Crippen LogP contribution in [0.25, 0.3) is 0 Å². The summed E-state index contributed by atoms with van der Waals surface area (Å²) in [6.45, 7) is 6.59. The van der Waals surface area contributed by atoms with Crippen molar-refractivity contribution >= 4 is 18.5 Å². The van der Waals surface area contributed by atoms with Crippen molar-refractivity contribution in [2.45, 2.75) is 26.8 Å². The van der Waals surface area contributed by atoms with Crippen LogP contribution in [0.4, 0.5) is 0 Å². The highest BCUT2D eigenvalue weighted by Gasteiger charge is 2.40. The number of hydrogen-bond donors (Lipinski definition) is 0. The van der Waals surface area contributed by atoms with Crippen LogP contribution in [0.5, 0.6) is 0 Å². The molecule has 0 saturated heterocycles. The smallest absolute Gasteiger partial charge is 0.0211 e. The van der Waals surface area contributed by atoms with E-state index in [2.05, 4.69) is 108 Å². The first-order valence-electron chi connectivity index (χ1n) is 8.83. The van der Waals surface area contributed by atoms with Crippen LogP contribution >= 0.6 is 7.92 Å². The van der Waals surface area contributed by atoms with E-state index >= 15 is 0 Å². The Labute approximate surface area is 155 Å². The molecule has 2 aromatic carbocycles. The molecule has 129 valence electrons. The zero-order valence-electron chi connectivity index (χ0n) is 15.8. The average Bonchev–Trinajstić information content (AvgIpc) is 3.07. The topological polar surface area (TPSA) is 3.24 Å². The molecule has 0 aliphatic heterocycles. The van der Waals surface area contributed by atoms with Crippen LogP contribution < -0.4 is 10.6 Å². The van der Waals surface area contributed by atoms with E-state index in [0.29, 0.717) is 6.04 Å². The fourth-order valence-corrected chi connectivity index (χ4v) is 5.58. The number of rotatable bonds is 5.